The maximum atomic E-state index is 5.25. The van der Waals surface area contributed by atoms with E-state index in [0.717, 1.165) is 23.7 Å². The van der Waals surface area contributed by atoms with Gasteiger partial charge in [0.2, 0.25) is 5.95 Å². The molecule has 0 radical (unpaired) electrons. The van der Waals surface area contributed by atoms with Crippen LogP contribution >= 0.6 is 12.2 Å². The molecular weight excluding hydrogens is 220 g/mol. The first-order valence-corrected chi connectivity index (χ1v) is 6.53. The molecule has 1 saturated carbocycles. The number of hydrogen-bond donors (Lipinski definition) is 1. The Bertz CT molecular complexity index is 389. The average molecular weight is 240 g/mol. The lowest BCUT2D eigenvalue weighted by Gasteiger charge is -2.25. The Hall–Kier alpha value is -0.840. The normalized spacial score (nSPS) is 16.9. The van der Waals surface area contributed by atoms with Crippen molar-refractivity contribution in [3.8, 4) is 0 Å². The van der Waals surface area contributed by atoms with Gasteiger partial charge in [-0.3, -0.25) is 4.57 Å². The zero-order valence-corrected chi connectivity index (χ0v) is 10.9. The lowest BCUT2D eigenvalue weighted by atomic mass is 10.2. The molecule has 0 aromatic carbocycles. The van der Waals surface area contributed by atoms with Gasteiger partial charge >= 0.3 is 0 Å². The highest BCUT2D eigenvalue weighted by molar-refractivity contribution is 7.71. The van der Waals surface area contributed by atoms with Crippen LogP contribution in [0.15, 0.2) is 0 Å². The van der Waals surface area contributed by atoms with Crippen LogP contribution in [-0.4, -0.2) is 27.9 Å². The largest absolute Gasteiger partial charge is 0.341 e. The van der Waals surface area contributed by atoms with Crippen LogP contribution in [0.2, 0.25) is 0 Å². The minimum atomic E-state index is 0.640. The Morgan fingerprint density at radius 1 is 1.50 bits per heavy atom. The maximum Gasteiger partial charge on any atom is 0.225 e. The van der Waals surface area contributed by atoms with E-state index in [4.69, 9.17) is 12.2 Å². The third-order valence-corrected chi connectivity index (χ3v) is 3.68. The molecule has 1 aliphatic carbocycles. The van der Waals surface area contributed by atoms with Crippen molar-refractivity contribution in [3.63, 3.8) is 0 Å². The van der Waals surface area contributed by atoms with Gasteiger partial charge in [0, 0.05) is 19.6 Å². The zero-order valence-electron chi connectivity index (χ0n) is 10.1. The predicted molar refractivity (Wildman–Crippen MR) is 68.4 cm³/mol. The van der Waals surface area contributed by atoms with Gasteiger partial charge in [-0.15, -0.1) is 5.10 Å². The molecule has 1 aromatic rings. The molecule has 0 atom stereocenters. The fraction of sp³-hybridized carbons (Fsp3) is 0.818. The number of rotatable bonds is 4. The maximum absolute atomic E-state index is 5.25. The van der Waals surface area contributed by atoms with Crippen molar-refractivity contribution in [1.82, 2.24) is 14.8 Å². The van der Waals surface area contributed by atoms with Crippen molar-refractivity contribution in [2.75, 3.05) is 11.9 Å². The molecule has 1 aromatic heterocycles. The SMILES string of the molecule is CCCn1c(N(C)C2CCCC2)n[nH]c1=S. The molecule has 0 aliphatic heterocycles. The minimum Gasteiger partial charge on any atom is -0.341 e. The molecule has 16 heavy (non-hydrogen) atoms. The minimum absolute atomic E-state index is 0.640. The van der Waals surface area contributed by atoms with E-state index in [1.807, 2.05) is 0 Å². The van der Waals surface area contributed by atoms with Gasteiger partial charge in [-0.05, 0) is 31.5 Å². The van der Waals surface area contributed by atoms with Crippen LogP contribution in [0, 0.1) is 4.77 Å². The molecule has 1 aliphatic rings. The Balaban J connectivity index is 2.21. The van der Waals surface area contributed by atoms with Crippen LogP contribution < -0.4 is 4.90 Å². The van der Waals surface area contributed by atoms with E-state index >= 15 is 0 Å². The molecule has 90 valence electrons. The molecular formula is C11H20N4S. The summed E-state index contributed by atoms with van der Waals surface area (Å²) in [6, 6.07) is 0.640. The second-order valence-corrected chi connectivity index (χ2v) is 4.92. The van der Waals surface area contributed by atoms with E-state index < -0.39 is 0 Å². The van der Waals surface area contributed by atoms with E-state index in [-0.39, 0.29) is 0 Å². The van der Waals surface area contributed by atoms with E-state index in [1.54, 1.807) is 0 Å². The molecule has 0 unspecified atom stereocenters. The Morgan fingerprint density at radius 2 is 2.19 bits per heavy atom. The van der Waals surface area contributed by atoms with Crippen LogP contribution in [0.1, 0.15) is 39.0 Å². The zero-order chi connectivity index (χ0) is 11.5. The summed E-state index contributed by atoms with van der Waals surface area (Å²) in [4.78, 5) is 2.29. The smallest absolute Gasteiger partial charge is 0.225 e. The van der Waals surface area contributed by atoms with Crippen molar-refractivity contribution in [1.29, 1.82) is 0 Å². The highest BCUT2D eigenvalue weighted by Crippen LogP contribution is 2.25. The number of aromatic amines is 1. The van der Waals surface area contributed by atoms with Crippen molar-refractivity contribution >= 4 is 18.2 Å². The van der Waals surface area contributed by atoms with Crippen LogP contribution in [-0.2, 0) is 6.54 Å². The van der Waals surface area contributed by atoms with Gasteiger partial charge in [0.1, 0.15) is 0 Å². The van der Waals surface area contributed by atoms with E-state index in [0.29, 0.717) is 6.04 Å². The monoisotopic (exact) mass is 240 g/mol. The van der Waals surface area contributed by atoms with Crippen LogP contribution in [0.5, 0.6) is 0 Å². The molecule has 1 heterocycles. The fourth-order valence-corrected chi connectivity index (χ4v) is 2.68. The van der Waals surface area contributed by atoms with Crippen molar-refractivity contribution < 1.29 is 0 Å². The summed E-state index contributed by atoms with van der Waals surface area (Å²) >= 11 is 5.25. The van der Waals surface area contributed by atoms with E-state index in [1.165, 1.54) is 25.7 Å². The highest BCUT2D eigenvalue weighted by atomic mass is 32.1. The summed E-state index contributed by atoms with van der Waals surface area (Å²) < 4.78 is 2.84. The number of nitrogens with one attached hydrogen (secondary N) is 1. The predicted octanol–water partition coefficient (Wildman–Crippen LogP) is 2.73. The fourth-order valence-electron chi connectivity index (χ4n) is 2.46. The Kier molecular flexibility index (Phi) is 3.63. The third-order valence-electron chi connectivity index (χ3n) is 3.37. The van der Waals surface area contributed by atoms with Crippen LogP contribution in [0.4, 0.5) is 5.95 Å². The lowest BCUT2D eigenvalue weighted by molar-refractivity contribution is 0.597. The molecule has 2 rings (SSSR count). The van der Waals surface area contributed by atoms with E-state index in [2.05, 4.69) is 33.6 Å². The summed E-state index contributed by atoms with van der Waals surface area (Å²) in [5.41, 5.74) is 0. The van der Waals surface area contributed by atoms with Gasteiger partial charge in [-0.2, -0.15) is 0 Å². The molecule has 0 saturated heterocycles. The quantitative estimate of drug-likeness (QED) is 0.822. The molecule has 0 bridgehead atoms. The third kappa shape index (κ3) is 2.14. The Morgan fingerprint density at radius 3 is 2.81 bits per heavy atom. The second kappa shape index (κ2) is 4.99. The van der Waals surface area contributed by atoms with Crippen LogP contribution in [0.25, 0.3) is 0 Å². The first-order chi connectivity index (χ1) is 7.74. The van der Waals surface area contributed by atoms with Gasteiger partial charge in [0.15, 0.2) is 4.77 Å². The summed E-state index contributed by atoms with van der Waals surface area (Å²) in [5, 5.41) is 7.25. The first kappa shape index (κ1) is 11.6. The summed E-state index contributed by atoms with van der Waals surface area (Å²) in [5.74, 6) is 0.999. The topological polar surface area (TPSA) is 36.9 Å². The van der Waals surface area contributed by atoms with Crippen LogP contribution in [0.3, 0.4) is 0 Å². The number of H-pyrrole nitrogens is 1. The van der Waals surface area contributed by atoms with Gasteiger partial charge in [0.25, 0.3) is 0 Å². The molecule has 0 spiro atoms. The molecule has 5 heteroatoms. The molecule has 4 nitrogen and oxygen atoms in total. The van der Waals surface area contributed by atoms with Gasteiger partial charge in [-0.25, -0.2) is 5.10 Å². The van der Waals surface area contributed by atoms with Gasteiger partial charge in [-0.1, -0.05) is 19.8 Å². The van der Waals surface area contributed by atoms with E-state index in [9.17, 15) is 0 Å². The standard InChI is InChI=1S/C11H20N4S/c1-3-8-15-10(12-13-11(15)16)14(2)9-6-4-5-7-9/h9H,3-8H2,1-2H3,(H,13,16). The van der Waals surface area contributed by atoms with Crippen molar-refractivity contribution in [3.05, 3.63) is 4.77 Å². The number of nitrogens with zero attached hydrogens (tertiary/aromatic N) is 3. The summed E-state index contributed by atoms with van der Waals surface area (Å²) in [6.45, 7) is 3.11. The Labute approximate surface area is 102 Å². The van der Waals surface area contributed by atoms with Gasteiger partial charge < -0.3 is 4.90 Å². The van der Waals surface area contributed by atoms with Crippen molar-refractivity contribution in [2.45, 2.75) is 51.6 Å². The number of aromatic nitrogens is 3. The highest BCUT2D eigenvalue weighted by Gasteiger charge is 2.23. The molecule has 0 amide bonds. The average Bonchev–Trinajstić information content (AvgIpc) is 2.89. The van der Waals surface area contributed by atoms with Gasteiger partial charge in [0.05, 0.1) is 0 Å². The summed E-state index contributed by atoms with van der Waals surface area (Å²) in [7, 11) is 2.13. The summed E-state index contributed by atoms with van der Waals surface area (Å²) in [6.07, 6.45) is 6.33. The molecule has 1 N–H and O–H groups in total. The lowest BCUT2D eigenvalue weighted by Crippen LogP contribution is -2.31. The second-order valence-electron chi connectivity index (χ2n) is 4.53. The number of anilines is 1. The van der Waals surface area contributed by atoms with Crippen molar-refractivity contribution in [2.24, 2.45) is 0 Å². The first-order valence-electron chi connectivity index (χ1n) is 6.12. The number of hydrogen-bond acceptors (Lipinski definition) is 3. The molecule has 1 fully saturated rings.